The number of hydrogen-bond donors (Lipinski definition) is 1. The third-order valence-electron chi connectivity index (χ3n) is 2.83. The van der Waals surface area contributed by atoms with Gasteiger partial charge in [-0.15, -0.1) is 0 Å². The van der Waals surface area contributed by atoms with Gasteiger partial charge in [-0.1, -0.05) is 13.0 Å². The van der Waals surface area contributed by atoms with Crippen molar-refractivity contribution in [2.75, 3.05) is 6.54 Å². The van der Waals surface area contributed by atoms with Gasteiger partial charge in [-0.05, 0) is 32.5 Å². The van der Waals surface area contributed by atoms with Crippen LogP contribution in [0.25, 0.3) is 0 Å². The zero-order valence-corrected chi connectivity index (χ0v) is 9.85. The standard InChI is InChI=1S/C12H21N3/c1-4-15(11(3)10(2)13)9-12-7-5-6-8-14-12/h5-8,10-11H,4,9,13H2,1-3H3. The maximum atomic E-state index is 5.90. The van der Waals surface area contributed by atoms with E-state index in [1.807, 2.05) is 25.3 Å². The van der Waals surface area contributed by atoms with Gasteiger partial charge in [0.05, 0.1) is 5.69 Å². The van der Waals surface area contributed by atoms with Crippen LogP contribution in [-0.4, -0.2) is 28.5 Å². The fraction of sp³-hybridized carbons (Fsp3) is 0.583. The van der Waals surface area contributed by atoms with Gasteiger partial charge < -0.3 is 5.73 Å². The summed E-state index contributed by atoms with van der Waals surface area (Å²) in [5, 5.41) is 0. The molecule has 0 bridgehead atoms. The Labute approximate surface area is 92.3 Å². The van der Waals surface area contributed by atoms with Gasteiger partial charge in [0.1, 0.15) is 0 Å². The Hall–Kier alpha value is -0.930. The van der Waals surface area contributed by atoms with Gasteiger partial charge in [0.25, 0.3) is 0 Å². The lowest BCUT2D eigenvalue weighted by Crippen LogP contribution is -2.43. The molecule has 2 unspecified atom stereocenters. The highest BCUT2D eigenvalue weighted by Gasteiger charge is 2.16. The third kappa shape index (κ3) is 3.61. The fourth-order valence-electron chi connectivity index (χ4n) is 1.58. The predicted molar refractivity (Wildman–Crippen MR) is 63.4 cm³/mol. The van der Waals surface area contributed by atoms with Crippen LogP contribution in [0.5, 0.6) is 0 Å². The summed E-state index contributed by atoms with van der Waals surface area (Å²) in [7, 11) is 0. The van der Waals surface area contributed by atoms with Crippen LogP contribution in [0.15, 0.2) is 24.4 Å². The van der Waals surface area contributed by atoms with Gasteiger partial charge in [0.15, 0.2) is 0 Å². The molecule has 0 aliphatic heterocycles. The van der Waals surface area contributed by atoms with Crippen molar-refractivity contribution in [3.8, 4) is 0 Å². The highest BCUT2D eigenvalue weighted by Crippen LogP contribution is 2.07. The topological polar surface area (TPSA) is 42.2 Å². The average molecular weight is 207 g/mol. The molecule has 84 valence electrons. The van der Waals surface area contributed by atoms with Crippen molar-refractivity contribution < 1.29 is 0 Å². The number of nitrogens with zero attached hydrogens (tertiary/aromatic N) is 2. The van der Waals surface area contributed by atoms with Crippen molar-refractivity contribution in [1.82, 2.24) is 9.88 Å². The summed E-state index contributed by atoms with van der Waals surface area (Å²) in [4.78, 5) is 6.67. The summed E-state index contributed by atoms with van der Waals surface area (Å²) in [6, 6.07) is 6.59. The molecule has 0 aliphatic rings. The van der Waals surface area contributed by atoms with Crippen molar-refractivity contribution in [2.45, 2.75) is 39.4 Å². The molecule has 0 saturated carbocycles. The molecule has 0 radical (unpaired) electrons. The minimum atomic E-state index is 0.189. The lowest BCUT2D eigenvalue weighted by molar-refractivity contribution is 0.188. The van der Waals surface area contributed by atoms with E-state index in [4.69, 9.17) is 5.73 Å². The maximum absolute atomic E-state index is 5.90. The van der Waals surface area contributed by atoms with Gasteiger partial charge in [-0.2, -0.15) is 0 Å². The second-order valence-corrected chi connectivity index (χ2v) is 3.98. The highest BCUT2D eigenvalue weighted by molar-refractivity contribution is 5.03. The first-order valence-electron chi connectivity index (χ1n) is 5.54. The van der Waals surface area contributed by atoms with E-state index in [9.17, 15) is 0 Å². The normalized spacial score (nSPS) is 15.3. The van der Waals surface area contributed by atoms with Crippen LogP contribution >= 0.6 is 0 Å². The summed E-state index contributed by atoms with van der Waals surface area (Å²) in [6.45, 7) is 8.24. The molecule has 0 aromatic carbocycles. The number of aromatic nitrogens is 1. The van der Waals surface area contributed by atoms with Crippen LogP contribution in [0.2, 0.25) is 0 Å². The number of pyridine rings is 1. The van der Waals surface area contributed by atoms with Crippen LogP contribution < -0.4 is 5.73 Å². The summed E-state index contributed by atoms with van der Waals surface area (Å²) >= 11 is 0. The van der Waals surface area contributed by atoms with E-state index in [2.05, 4.69) is 29.8 Å². The Morgan fingerprint density at radius 1 is 1.40 bits per heavy atom. The number of rotatable bonds is 5. The van der Waals surface area contributed by atoms with Gasteiger partial charge >= 0.3 is 0 Å². The van der Waals surface area contributed by atoms with E-state index < -0.39 is 0 Å². The first-order valence-corrected chi connectivity index (χ1v) is 5.54. The van der Waals surface area contributed by atoms with Crippen molar-refractivity contribution in [1.29, 1.82) is 0 Å². The summed E-state index contributed by atoms with van der Waals surface area (Å²) in [5.41, 5.74) is 7.01. The SMILES string of the molecule is CCN(Cc1ccccn1)C(C)C(C)N. The van der Waals surface area contributed by atoms with Crippen molar-refractivity contribution in [3.05, 3.63) is 30.1 Å². The Morgan fingerprint density at radius 3 is 2.60 bits per heavy atom. The molecule has 1 rings (SSSR count). The van der Waals surface area contributed by atoms with Gasteiger partial charge in [-0.3, -0.25) is 9.88 Å². The lowest BCUT2D eigenvalue weighted by atomic mass is 10.1. The van der Waals surface area contributed by atoms with Crippen LogP contribution in [0.3, 0.4) is 0 Å². The lowest BCUT2D eigenvalue weighted by Gasteiger charge is -2.30. The zero-order chi connectivity index (χ0) is 11.3. The average Bonchev–Trinajstić information content (AvgIpc) is 2.26. The van der Waals surface area contributed by atoms with E-state index in [-0.39, 0.29) is 6.04 Å². The minimum absolute atomic E-state index is 0.189. The molecule has 1 heterocycles. The smallest absolute Gasteiger partial charge is 0.0544 e. The first-order chi connectivity index (χ1) is 7.15. The Bertz CT molecular complexity index is 271. The zero-order valence-electron chi connectivity index (χ0n) is 9.85. The molecule has 3 nitrogen and oxygen atoms in total. The quantitative estimate of drug-likeness (QED) is 0.798. The first kappa shape index (κ1) is 12.1. The Balaban J connectivity index is 2.62. The van der Waals surface area contributed by atoms with E-state index in [0.29, 0.717) is 6.04 Å². The van der Waals surface area contributed by atoms with E-state index >= 15 is 0 Å². The molecule has 0 saturated heterocycles. The van der Waals surface area contributed by atoms with Gasteiger partial charge in [-0.25, -0.2) is 0 Å². The van der Waals surface area contributed by atoms with Crippen LogP contribution in [-0.2, 0) is 6.54 Å². The summed E-state index contributed by atoms with van der Waals surface area (Å²) < 4.78 is 0. The molecule has 0 spiro atoms. The van der Waals surface area contributed by atoms with Crippen molar-refractivity contribution in [3.63, 3.8) is 0 Å². The highest BCUT2D eigenvalue weighted by atomic mass is 15.2. The molecule has 3 heteroatoms. The van der Waals surface area contributed by atoms with Gasteiger partial charge in [0, 0.05) is 24.8 Å². The minimum Gasteiger partial charge on any atom is -0.327 e. The molecule has 2 atom stereocenters. The third-order valence-corrected chi connectivity index (χ3v) is 2.83. The number of hydrogen-bond acceptors (Lipinski definition) is 3. The Kier molecular flexibility index (Phi) is 4.72. The van der Waals surface area contributed by atoms with Crippen LogP contribution in [0.4, 0.5) is 0 Å². The summed E-state index contributed by atoms with van der Waals surface area (Å²) in [5.74, 6) is 0. The molecular weight excluding hydrogens is 186 g/mol. The fourth-order valence-corrected chi connectivity index (χ4v) is 1.58. The molecule has 0 fully saturated rings. The molecule has 1 aromatic heterocycles. The number of nitrogens with two attached hydrogens (primary N) is 1. The van der Waals surface area contributed by atoms with Crippen molar-refractivity contribution >= 4 is 0 Å². The number of likely N-dealkylation sites (N-methyl/N-ethyl adjacent to an activating group) is 1. The monoisotopic (exact) mass is 207 g/mol. The second kappa shape index (κ2) is 5.83. The van der Waals surface area contributed by atoms with Crippen LogP contribution in [0, 0.1) is 0 Å². The predicted octanol–water partition coefficient (Wildman–Crippen LogP) is 1.64. The molecule has 0 aliphatic carbocycles. The molecule has 15 heavy (non-hydrogen) atoms. The van der Waals surface area contributed by atoms with Crippen LogP contribution in [0.1, 0.15) is 26.5 Å². The Morgan fingerprint density at radius 2 is 2.13 bits per heavy atom. The molecule has 1 aromatic rings. The largest absolute Gasteiger partial charge is 0.327 e. The van der Waals surface area contributed by atoms with Gasteiger partial charge in [0.2, 0.25) is 0 Å². The second-order valence-electron chi connectivity index (χ2n) is 3.98. The molecule has 0 amide bonds. The van der Waals surface area contributed by atoms with E-state index in [1.165, 1.54) is 0 Å². The summed E-state index contributed by atoms with van der Waals surface area (Å²) in [6.07, 6.45) is 1.83. The van der Waals surface area contributed by atoms with E-state index in [0.717, 1.165) is 18.8 Å². The van der Waals surface area contributed by atoms with Crippen molar-refractivity contribution in [2.24, 2.45) is 5.73 Å². The van der Waals surface area contributed by atoms with E-state index in [1.54, 1.807) is 0 Å². The maximum Gasteiger partial charge on any atom is 0.0544 e. The molecule has 2 N–H and O–H groups in total. The molecular formula is C12H21N3.